The van der Waals surface area contributed by atoms with Gasteiger partial charge in [0, 0.05) is 6.04 Å². The van der Waals surface area contributed by atoms with Crippen LogP contribution in [0.2, 0.25) is 0 Å². The fourth-order valence-corrected chi connectivity index (χ4v) is 3.04. The summed E-state index contributed by atoms with van der Waals surface area (Å²) in [5.41, 5.74) is 7.87. The number of nitrogens with zero attached hydrogens (tertiary/aromatic N) is 3. The van der Waals surface area contributed by atoms with Crippen LogP contribution in [0.3, 0.4) is 0 Å². The summed E-state index contributed by atoms with van der Waals surface area (Å²) in [6, 6.07) is 10.2. The van der Waals surface area contributed by atoms with Crippen molar-refractivity contribution in [2.45, 2.75) is 19.9 Å². The molecule has 5 heteroatoms. The molecule has 0 spiro atoms. The number of nitrogen functional groups attached to an aromatic ring is 1. The Kier molecular flexibility index (Phi) is 3.28. The van der Waals surface area contributed by atoms with E-state index in [9.17, 15) is 0 Å². The average molecular weight is 284 g/mol. The zero-order valence-electron chi connectivity index (χ0n) is 11.4. The molecule has 0 atom stereocenters. The molecule has 0 aliphatic heterocycles. The summed E-state index contributed by atoms with van der Waals surface area (Å²) < 4.78 is 0. The highest BCUT2D eigenvalue weighted by Gasteiger charge is 2.19. The highest BCUT2D eigenvalue weighted by molar-refractivity contribution is 7.16. The summed E-state index contributed by atoms with van der Waals surface area (Å²) in [5, 5.41) is 3.10. The molecular formula is C15H16N4S. The van der Waals surface area contributed by atoms with Crippen molar-refractivity contribution in [2.75, 3.05) is 10.6 Å². The Hall–Kier alpha value is -2.14. The smallest absolute Gasteiger partial charge is 0.145 e. The molecule has 0 saturated heterocycles. The molecule has 0 aliphatic rings. The third-order valence-corrected chi connectivity index (χ3v) is 4.00. The van der Waals surface area contributed by atoms with Crippen LogP contribution in [0.15, 0.2) is 42.0 Å². The van der Waals surface area contributed by atoms with Gasteiger partial charge in [0.2, 0.25) is 0 Å². The molecule has 2 heterocycles. The second-order valence-corrected chi connectivity index (χ2v) is 5.75. The second-order valence-electron chi connectivity index (χ2n) is 4.86. The predicted molar refractivity (Wildman–Crippen MR) is 85.5 cm³/mol. The third kappa shape index (κ3) is 2.10. The first-order chi connectivity index (χ1) is 9.68. The Morgan fingerprint density at radius 2 is 1.95 bits per heavy atom. The first-order valence-electron chi connectivity index (χ1n) is 6.50. The number of anilines is 3. The van der Waals surface area contributed by atoms with Crippen molar-refractivity contribution in [2.24, 2.45) is 0 Å². The van der Waals surface area contributed by atoms with E-state index >= 15 is 0 Å². The van der Waals surface area contributed by atoms with Gasteiger partial charge in [0.15, 0.2) is 0 Å². The number of hydrogen-bond donors (Lipinski definition) is 1. The molecule has 2 aromatic heterocycles. The molecule has 0 bridgehead atoms. The Balaban J connectivity index is 2.22. The fraction of sp³-hybridized carbons (Fsp3) is 0.200. The molecule has 0 saturated carbocycles. The van der Waals surface area contributed by atoms with Gasteiger partial charge in [-0.25, -0.2) is 9.97 Å². The molecular weight excluding hydrogens is 268 g/mol. The lowest BCUT2D eigenvalue weighted by molar-refractivity contribution is 0.780. The number of nitrogens with two attached hydrogens (primary N) is 1. The molecule has 102 valence electrons. The van der Waals surface area contributed by atoms with Crippen molar-refractivity contribution in [1.82, 2.24) is 9.97 Å². The van der Waals surface area contributed by atoms with E-state index in [2.05, 4.69) is 34.8 Å². The SMILES string of the molecule is CC(C)N(c1ccccc1N)c1ncnc2sccc12. The number of hydrogen-bond acceptors (Lipinski definition) is 5. The van der Waals surface area contributed by atoms with Gasteiger partial charge in [-0.2, -0.15) is 0 Å². The molecule has 4 nitrogen and oxygen atoms in total. The Labute approximate surface area is 121 Å². The Morgan fingerprint density at radius 1 is 1.15 bits per heavy atom. The van der Waals surface area contributed by atoms with Gasteiger partial charge < -0.3 is 10.6 Å². The maximum absolute atomic E-state index is 6.13. The van der Waals surface area contributed by atoms with E-state index in [0.717, 1.165) is 27.4 Å². The minimum atomic E-state index is 0.248. The molecule has 0 amide bonds. The molecule has 20 heavy (non-hydrogen) atoms. The molecule has 2 N–H and O–H groups in total. The first-order valence-corrected chi connectivity index (χ1v) is 7.38. The largest absolute Gasteiger partial charge is 0.397 e. The van der Waals surface area contributed by atoms with Crippen LogP contribution in [-0.2, 0) is 0 Å². The minimum absolute atomic E-state index is 0.248. The summed E-state index contributed by atoms with van der Waals surface area (Å²) in [5.74, 6) is 0.907. The van der Waals surface area contributed by atoms with Crippen molar-refractivity contribution in [3.05, 3.63) is 42.0 Å². The highest BCUT2D eigenvalue weighted by Crippen LogP contribution is 2.35. The van der Waals surface area contributed by atoms with E-state index < -0.39 is 0 Å². The topological polar surface area (TPSA) is 55.0 Å². The standard InChI is InChI=1S/C15H16N4S/c1-10(2)19(13-6-4-3-5-12(13)16)14-11-7-8-20-15(11)18-9-17-14/h3-10H,16H2,1-2H3. The normalized spacial score (nSPS) is 11.2. The van der Waals surface area contributed by atoms with Crippen molar-refractivity contribution >= 4 is 38.7 Å². The summed E-state index contributed by atoms with van der Waals surface area (Å²) in [6.45, 7) is 4.26. The van der Waals surface area contributed by atoms with E-state index in [0.29, 0.717) is 0 Å². The van der Waals surface area contributed by atoms with Gasteiger partial charge in [-0.05, 0) is 37.4 Å². The molecule has 0 fully saturated rings. The lowest BCUT2D eigenvalue weighted by Crippen LogP contribution is -2.27. The van der Waals surface area contributed by atoms with Crippen LogP contribution in [0.25, 0.3) is 10.2 Å². The van der Waals surface area contributed by atoms with Gasteiger partial charge in [-0.1, -0.05) is 12.1 Å². The molecule has 1 aromatic carbocycles. The van der Waals surface area contributed by atoms with Crippen LogP contribution >= 0.6 is 11.3 Å². The van der Waals surface area contributed by atoms with Crippen LogP contribution < -0.4 is 10.6 Å². The number of benzene rings is 1. The number of aromatic nitrogens is 2. The zero-order valence-corrected chi connectivity index (χ0v) is 12.3. The molecule has 0 aliphatic carbocycles. The van der Waals surface area contributed by atoms with Crippen molar-refractivity contribution in [3.8, 4) is 0 Å². The lowest BCUT2D eigenvalue weighted by atomic mass is 10.2. The Morgan fingerprint density at radius 3 is 2.70 bits per heavy atom. The van der Waals surface area contributed by atoms with Gasteiger partial charge in [-0.3, -0.25) is 0 Å². The van der Waals surface area contributed by atoms with E-state index in [4.69, 9.17) is 5.73 Å². The average Bonchev–Trinajstić information content (AvgIpc) is 2.90. The molecule has 0 radical (unpaired) electrons. The third-order valence-electron chi connectivity index (χ3n) is 3.18. The quantitative estimate of drug-likeness (QED) is 0.743. The van der Waals surface area contributed by atoms with E-state index in [1.165, 1.54) is 0 Å². The van der Waals surface area contributed by atoms with Gasteiger partial charge in [-0.15, -0.1) is 11.3 Å². The number of rotatable bonds is 3. The fourth-order valence-electron chi connectivity index (χ4n) is 2.31. The Bertz CT molecular complexity index is 735. The zero-order chi connectivity index (χ0) is 14.1. The van der Waals surface area contributed by atoms with Gasteiger partial charge in [0.05, 0.1) is 16.8 Å². The molecule has 3 aromatic rings. The maximum atomic E-state index is 6.13. The van der Waals surface area contributed by atoms with Crippen molar-refractivity contribution < 1.29 is 0 Å². The van der Waals surface area contributed by atoms with Crippen LogP contribution in [-0.4, -0.2) is 16.0 Å². The van der Waals surface area contributed by atoms with Gasteiger partial charge in [0.25, 0.3) is 0 Å². The van der Waals surface area contributed by atoms with Gasteiger partial charge >= 0.3 is 0 Å². The maximum Gasteiger partial charge on any atom is 0.145 e. The van der Waals surface area contributed by atoms with Crippen molar-refractivity contribution in [3.63, 3.8) is 0 Å². The monoisotopic (exact) mass is 284 g/mol. The number of fused-ring (bicyclic) bond motifs is 1. The summed E-state index contributed by atoms with van der Waals surface area (Å²) >= 11 is 1.62. The van der Waals surface area contributed by atoms with E-state index in [1.54, 1.807) is 17.7 Å². The predicted octanol–water partition coefficient (Wildman–Crippen LogP) is 3.82. The summed E-state index contributed by atoms with van der Waals surface area (Å²) in [6.07, 6.45) is 1.61. The first kappa shape index (κ1) is 12.9. The molecule has 0 unspecified atom stereocenters. The number of para-hydroxylation sites is 2. The lowest BCUT2D eigenvalue weighted by Gasteiger charge is -2.29. The van der Waals surface area contributed by atoms with Crippen LogP contribution in [0.5, 0.6) is 0 Å². The highest BCUT2D eigenvalue weighted by atomic mass is 32.1. The summed E-state index contributed by atoms with van der Waals surface area (Å²) in [7, 11) is 0. The minimum Gasteiger partial charge on any atom is -0.397 e. The molecule has 3 rings (SSSR count). The van der Waals surface area contributed by atoms with Crippen LogP contribution in [0.1, 0.15) is 13.8 Å². The second kappa shape index (κ2) is 5.09. The van der Waals surface area contributed by atoms with Gasteiger partial charge in [0.1, 0.15) is 17.0 Å². The van der Waals surface area contributed by atoms with Crippen LogP contribution in [0, 0.1) is 0 Å². The van der Waals surface area contributed by atoms with E-state index in [-0.39, 0.29) is 6.04 Å². The van der Waals surface area contributed by atoms with E-state index in [1.807, 2.05) is 29.6 Å². The van der Waals surface area contributed by atoms with Crippen LogP contribution in [0.4, 0.5) is 17.2 Å². The number of thiophene rings is 1. The summed E-state index contributed by atoms with van der Waals surface area (Å²) in [4.78, 5) is 11.9. The van der Waals surface area contributed by atoms with Crippen molar-refractivity contribution in [1.29, 1.82) is 0 Å².